The average molecular weight is 206 g/mol. The molecule has 1 aromatic rings. The van der Waals surface area contributed by atoms with Crippen molar-refractivity contribution in [2.24, 2.45) is 0 Å². The summed E-state index contributed by atoms with van der Waals surface area (Å²) in [6.45, 7) is 3.05. The maximum Gasteiger partial charge on any atom is 0.132 e. The Kier molecular flexibility index (Phi) is 2.86. The molecule has 0 unspecified atom stereocenters. The summed E-state index contributed by atoms with van der Waals surface area (Å²) in [5, 5.41) is 3.46. The molecule has 4 nitrogen and oxygen atoms in total. The number of hydrogen-bond acceptors (Lipinski definition) is 4. The molecule has 0 aromatic carbocycles. The largest absolute Gasteiger partial charge is 0.363 e. The van der Waals surface area contributed by atoms with Gasteiger partial charge in [-0.1, -0.05) is 0 Å². The van der Waals surface area contributed by atoms with Gasteiger partial charge in [0.2, 0.25) is 0 Å². The summed E-state index contributed by atoms with van der Waals surface area (Å²) < 4.78 is 0. The fourth-order valence-corrected chi connectivity index (χ4v) is 1.92. The number of nitrogens with zero attached hydrogens (tertiary/aromatic N) is 3. The Labute approximate surface area is 90.7 Å². The van der Waals surface area contributed by atoms with Crippen LogP contribution in [0.2, 0.25) is 0 Å². The quantitative estimate of drug-likeness (QED) is 0.791. The Balaban J connectivity index is 2.30. The van der Waals surface area contributed by atoms with Gasteiger partial charge in [0.05, 0.1) is 5.69 Å². The van der Waals surface area contributed by atoms with E-state index in [1.165, 1.54) is 12.8 Å². The predicted octanol–water partition coefficient (Wildman–Crippen LogP) is 1.28. The zero-order valence-corrected chi connectivity index (χ0v) is 9.62. The standard InChI is InChI=1S/C11H18N4/c1-8-13-10(9-5-4-6-12-9)7-11(14-8)15(2)3/h7,9,12H,4-6H2,1-3H3/t9-/m1/s1. The van der Waals surface area contributed by atoms with Gasteiger partial charge >= 0.3 is 0 Å². The molecule has 4 heteroatoms. The van der Waals surface area contributed by atoms with E-state index in [9.17, 15) is 0 Å². The zero-order chi connectivity index (χ0) is 10.8. The van der Waals surface area contributed by atoms with Crippen LogP contribution >= 0.6 is 0 Å². The lowest BCUT2D eigenvalue weighted by atomic mass is 10.1. The van der Waals surface area contributed by atoms with E-state index in [2.05, 4.69) is 21.4 Å². The van der Waals surface area contributed by atoms with Crippen LogP contribution in [-0.4, -0.2) is 30.6 Å². The second-order valence-electron chi connectivity index (χ2n) is 4.24. The Hall–Kier alpha value is -1.16. The second-order valence-corrected chi connectivity index (χ2v) is 4.24. The number of hydrogen-bond donors (Lipinski definition) is 1. The van der Waals surface area contributed by atoms with Gasteiger partial charge < -0.3 is 10.2 Å². The van der Waals surface area contributed by atoms with E-state index in [0.717, 1.165) is 23.9 Å². The maximum atomic E-state index is 4.50. The van der Waals surface area contributed by atoms with Crippen LogP contribution in [0.4, 0.5) is 5.82 Å². The summed E-state index contributed by atoms with van der Waals surface area (Å²) in [6, 6.07) is 2.50. The van der Waals surface area contributed by atoms with Crippen LogP contribution in [0.3, 0.4) is 0 Å². The average Bonchev–Trinajstić information content (AvgIpc) is 2.69. The van der Waals surface area contributed by atoms with Crippen LogP contribution in [0.25, 0.3) is 0 Å². The van der Waals surface area contributed by atoms with Crippen molar-refractivity contribution in [1.29, 1.82) is 0 Å². The summed E-state index contributed by atoms with van der Waals surface area (Å²) in [5.41, 5.74) is 1.13. The summed E-state index contributed by atoms with van der Waals surface area (Å²) in [5.74, 6) is 1.84. The highest BCUT2D eigenvalue weighted by molar-refractivity contribution is 5.38. The molecule has 2 heterocycles. The van der Waals surface area contributed by atoms with Crippen LogP contribution in [0.15, 0.2) is 6.07 Å². The first-order chi connectivity index (χ1) is 7.16. The van der Waals surface area contributed by atoms with Crippen LogP contribution in [-0.2, 0) is 0 Å². The van der Waals surface area contributed by atoms with Crippen LogP contribution in [0.5, 0.6) is 0 Å². The van der Waals surface area contributed by atoms with Crippen molar-refractivity contribution < 1.29 is 0 Å². The predicted molar refractivity (Wildman–Crippen MR) is 61.1 cm³/mol. The van der Waals surface area contributed by atoms with Crippen molar-refractivity contribution in [3.63, 3.8) is 0 Å². The van der Waals surface area contributed by atoms with Crippen molar-refractivity contribution in [2.45, 2.75) is 25.8 Å². The first-order valence-electron chi connectivity index (χ1n) is 5.43. The lowest BCUT2D eigenvalue weighted by Crippen LogP contribution is -2.18. The smallest absolute Gasteiger partial charge is 0.132 e. The van der Waals surface area contributed by atoms with Gasteiger partial charge in [0, 0.05) is 26.2 Å². The molecule has 1 aliphatic rings. The van der Waals surface area contributed by atoms with E-state index in [0.29, 0.717) is 6.04 Å². The molecule has 1 N–H and O–H groups in total. The minimum absolute atomic E-state index is 0.422. The van der Waals surface area contributed by atoms with Gasteiger partial charge in [0.15, 0.2) is 0 Å². The normalized spacial score (nSPS) is 20.6. The van der Waals surface area contributed by atoms with E-state index < -0.39 is 0 Å². The molecule has 0 saturated carbocycles. The van der Waals surface area contributed by atoms with Crippen molar-refractivity contribution in [1.82, 2.24) is 15.3 Å². The Bertz CT molecular complexity index is 342. The van der Waals surface area contributed by atoms with Crippen molar-refractivity contribution >= 4 is 5.82 Å². The Morgan fingerprint density at radius 2 is 2.20 bits per heavy atom. The molecule has 0 aliphatic carbocycles. The second kappa shape index (κ2) is 4.14. The molecule has 15 heavy (non-hydrogen) atoms. The topological polar surface area (TPSA) is 41.1 Å². The summed E-state index contributed by atoms with van der Waals surface area (Å²) in [7, 11) is 4.02. The van der Waals surface area contributed by atoms with Crippen LogP contribution in [0, 0.1) is 6.92 Å². The van der Waals surface area contributed by atoms with Crippen molar-refractivity contribution in [2.75, 3.05) is 25.5 Å². The van der Waals surface area contributed by atoms with Gasteiger partial charge in [-0.05, 0) is 26.3 Å². The van der Waals surface area contributed by atoms with Gasteiger partial charge in [-0.25, -0.2) is 9.97 Å². The molecule has 1 atom stereocenters. The lowest BCUT2D eigenvalue weighted by Gasteiger charge is -2.15. The molecule has 82 valence electrons. The fourth-order valence-electron chi connectivity index (χ4n) is 1.92. The van der Waals surface area contributed by atoms with E-state index in [4.69, 9.17) is 0 Å². The maximum absolute atomic E-state index is 4.50. The lowest BCUT2D eigenvalue weighted by molar-refractivity contribution is 0.622. The molecule has 1 aromatic heterocycles. The molecule has 0 radical (unpaired) electrons. The van der Waals surface area contributed by atoms with Crippen LogP contribution < -0.4 is 10.2 Å². The summed E-state index contributed by atoms with van der Waals surface area (Å²) in [4.78, 5) is 10.9. The van der Waals surface area contributed by atoms with Gasteiger partial charge in [-0.3, -0.25) is 0 Å². The molecule has 0 amide bonds. The molecule has 1 aliphatic heterocycles. The number of aryl methyl sites for hydroxylation is 1. The zero-order valence-electron chi connectivity index (χ0n) is 9.62. The number of aromatic nitrogens is 2. The number of nitrogens with one attached hydrogen (secondary N) is 1. The molecule has 2 rings (SSSR count). The Morgan fingerprint density at radius 1 is 1.40 bits per heavy atom. The highest BCUT2D eigenvalue weighted by atomic mass is 15.2. The van der Waals surface area contributed by atoms with Gasteiger partial charge in [-0.2, -0.15) is 0 Å². The third-order valence-corrected chi connectivity index (χ3v) is 2.72. The minimum Gasteiger partial charge on any atom is -0.363 e. The highest BCUT2D eigenvalue weighted by Gasteiger charge is 2.18. The number of anilines is 1. The van der Waals surface area contributed by atoms with E-state index in [1.54, 1.807) is 0 Å². The third-order valence-electron chi connectivity index (χ3n) is 2.72. The van der Waals surface area contributed by atoms with Crippen molar-refractivity contribution in [3.8, 4) is 0 Å². The minimum atomic E-state index is 0.422. The first-order valence-corrected chi connectivity index (χ1v) is 5.43. The molecular weight excluding hydrogens is 188 g/mol. The molecule has 0 bridgehead atoms. The monoisotopic (exact) mass is 206 g/mol. The molecule has 1 fully saturated rings. The van der Waals surface area contributed by atoms with Gasteiger partial charge in [0.1, 0.15) is 11.6 Å². The Morgan fingerprint density at radius 3 is 2.80 bits per heavy atom. The SMILES string of the molecule is Cc1nc([C@H]2CCCN2)cc(N(C)C)n1. The summed E-state index contributed by atoms with van der Waals surface area (Å²) in [6.07, 6.45) is 2.42. The van der Waals surface area contributed by atoms with Crippen LogP contribution in [0.1, 0.15) is 30.4 Å². The first kappa shape index (κ1) is 10.4. The van der Waals surface area contributed by atoms with E-state index in [-0.39, 0.29) is 0 Å². The van der Waals surface area contributed by atoms with E-state index >= 15 is 0 Å². The van der Waals surface area contributed by atoms with E-state index in [1.807, 2.05) is 25.9 Å². The van der Waals surface area contributed by atoms with Crippen molar-refractivity contribution in [3.05, 3.63) is 17.6 Å². The molecule has 0 spiro atoms. The molecular formula is C11H18N4. The fraction of sp³-hybridized carbons (Fsp3) is 0.636. The summed E-state index contributed by atoms with van der Waals surface area (Å²) >= 11 is 0. The molecule has 1 saturated heterocycles. The van der Waals surface area contributed by atoms with Gasteiger partial charge in [0.25, 0.3) is 0 Å². The highest BCUT2D eigenvalue weighted by Crippen LogP contribution is 2.23. The number of rotatable bonds is 2. The third kappa shape index (κ3) is 2.26. The van der Waals surface area contributed by atoms with Gasteiger partial charge in [-0.15, -0.1) is 0 Å².